The normalized spacial score (nSPS) is 12.5. The van der Waals surface area contributed by atoms with Gasteiger partial charge in [0.1, 0.15) is 0 Å². The van der Waals surface area contributed by atoms with Crippen molar-refractivity contribution in [2.24, 2.45) is 5.92 Å². The molecule has 0 saturated heterocycles. The molecule has 0 fully saturated rings. The van der Waals surface area contributed by atoms with Gasteiger partial charge in [-0.2, -0.15) is 0 Å². The molecule has 2 nitrogen and oxygen atoms in total. The van der Waals surface area contributed by atoms with Crippen molar-refractivity contribution >= 4 is 5.91 Å². The maximum Gasteiger partial charge on any atom is 0.251 e. The fraction of sp³-hybridized carbons (Fsp3) is 0.533. The third kappa shape index (κ3) is 4.59. The Bertz CT molecular complexity index is 371. The molecule has 0 unspecified atom stereocenters. The lowest BCUT2D eigenvalue weighted by Crippen LogP contribution is -2.33. The Labute approximate surface area is 104 Å². The maximum atomic E-state index is 12.0. The molecule has 0 bridgehead atoms. The first-order valence-electron chi connectivity index (χ1n) is 6.42. The Balaban J connectivity index is 2.63. The van der Waals surface area contributed by atoms with Crippen LogP contribution < -0.4 is 5.32 Å². The second-order valence-corrected chi connectivity index (χ2v) is 5.06. The molecule has 1 N–H and O–H groups in total. The Morgan fingerprint density at radius 2 is 2.00 bits per heavy atom. The quantitative estimate of drug-likeness (QED) is 0.829. The molecule has 0 aliphatic rings. The molecule has 1 amide bonds. The SMILES string of the molecule is CCc1cccc(C(=O)N[C@H](C)CC(C)C)c1. The first-order chi connectivity index (χ1) is 8.02. The number of benzene rings is 1. The second-order valence-electron chi connectivity index (χ2n) is 5.06. The van der Waals surface area contributed by atoms with Crippen LogP contribution in [0.5, 0.6) is 0 Å². The molecule has 0 aliphatic heterocycles. The summed E-state index contributed by atoms with van der Waals surface area (Å²) >= 11 is 0. The molecule has 0 heterocycles. The van der Waals surface area contributed by atoms with Crippen LogP contribution in [0.4, 0.5) is 0 Å². The van der Waals surface area contributed by atoms with E-state index in [1.54, 1.807) is 0 Å². The minimum atomic E-state index is 0.0356. The van der Waals surface area contributed by atoms with E-state index in [2.05, 4.69) is 33.0 Å². The van der Waals surface area contributed by atoms with Crippen molar-refractivity contribution in [1.82, 2.24) is 5.32 Å². The van der Waals surface area contributed by atoms with Crippen molar-refractivity contribution in [3.05, 3.63) is 35.4 Å². The van der Waals surface area contributed by atoms with Gasteiger partial charge < -0.3 is 5.32 Å². The summed E-state index contributed by atoms with van der Waals surface area (Å²) in [6.45, 7) is 8.49. The van der Waals surface area contributed by atoms with E-state index in [0.29, 0.717) is 5.92 Å². The van der Waals surface area contributed by atoms with E-state index in [4.69, 9.17) is 0 Å². The Kier molecular flexibility index (Phi) is 5.20. The van der Waals surface area contributed by atoms with Gasteiger partial charge in [0.15, 0.2) is 0 Å². The number of carbonyl (C=O) groups excluding carboxylic acids is 1. The highest BCUT2D eigenvalue weighted by Gasteiger charge is 2.10. The molecular formula is C15H23NO. The Morgan fingerprint density at radius 1 is 1.29 bits per heavy atom. The highest BCUT2D eigenvalue weighted by atomic mass is 16.1. The van der Waals surface area contributed by atoms with E-state index in [0.717, 1.165) is 18.4 Å². The van der Waals surface area contributed by atoms with Gasteiger partial charge in [-0.05, 0) is 43.4 Å². The molecule has 0 aromatic heterocycles. The van der Waals surface area contributed by atoms with Crippen LogP contribution in [0.3, 0.4) is 0 Å². The van der Waals surface area contributed by atoms with Crippen molar-refractivity contribution < 1.29 is 4.79 Å². The molecule has 17 heavy (non-hydrogen) atoms. The third-order valence-electron chi connectivity index (χ3n) is 2.80. The monoisotopic (exact) mass is 233 g/mol. The van der Waals surface area contributed by atoms with Crippen LogP contribution in [-0.2, 0) is 6.42 Å². The molecule has 0 radical (unpaired) electrons. The van der Waals surface area contributed by atoms with Crippen LogP contribution in [0, 0.1) is 5.92 Å². The van der Waals surface area contributed by atoms with Crippen molar-refractivity contribution in [1.29, 1.82) is 0 Å². The molecule has 2 heteroatoms. The smallest absolute Gasteiger partial charge is 0.251 e. The molecule has 0 saturated carbocycles. The number of hydrogen-bond donors (Lipinski definition) is 1. The molecule has 0 aliphatic carbocycles. The highest BCUT2D eigenvalue weighted by Crippen LogP contribution is 2.08. The second kappa shape index (κ2) is 6.43. The van der Waals surface area contributed by atoms with Gasteiger partial charge in [0.25, 0.3) is 5.91 Å². The summed E-state index contributed by atoms with van der Waals surface area (Å²) in [7, 11) is 0. The lowest BCUT2D eigenvalue weighted by atomic mass is 10.0. The minimum absolute atomic E-state index is 0.0356. The van der Waals surface area contributed by atoms with E-state index in [-0.39, 0.29) is 11.9 Å². The molecular weight excluding hydrogens is 210 g/mol. The lowest BCUT2D eigenvalue weighted by molar-refractivity contribution is 0.0936. The average Bonchev–Trinajstić information content (AvgIpc) is 2.27. The van der Waals surface area contributed by atoms with Gasteiger partial charge in [0, 0.05) is 11.6 Å². The van der Waals surface area contributed by atoms with Crippen LogP contribution in [0.2, 0.25) is 0 Å². The van der Waals surface area contributed by atoms with Gasteiger partial charge >= 0.3 is 0 Å². The lowest BCUT2D eigenvalue weighted by Gasteiger charge is -2.16. The van der Waals surface area contributed by atoms with Crippen molar-refractivity contribution in [2.75, 3.05) is 0 Å². The number of rotatable bonds is 5. The number of nitrogens with one attached hydrogen (secondary N) is 1. The Hall–Kier alpha value is -1.31. The molecule has 1 aromatic carbocycles. The number of hydrogen-bond acceptors (Lipinski definition) is 1. The zero-order chi connectivity index (χ0) is 12.8. The summed E-state index contributed by atoms with van der Waals surface area (Å²) < 4.78 is 0. The van der Waals surface area contributed by atoms with Crippen molar-refractivity contribution in [3.63, 3.8) is 0 Å². The third-order valence-corrected chi connectivity index (χ3v) is 2.80. The van der Waals surface area contributed by atoms with Gasteiger partial charge in [-0.15, -0.1) is 0 Å². The molecule has 1 rings (SSSR count). The van der Waals surface area contributed by atoms with E-state index in [1.807, 2.05) is 24.3 Å². The van der Waals surface area contributed by atoms with Crippen LogP contribution in [0.15, 0.2) is 24.3 Å². The molecule has 1 aromatic rings. The van der Waals surface area contributed by atoms with Crippen LogP contribution >= 0.6 is 0 Å². The first-order valence-corrected chi connectivity index (χ1v) is 6.42. The zero-order valence-corrected chi connectivity index (χ0v) is 11.3. The summed E-state index contributed by atoms with van der Waals surface area (Å²) in [6, 6.07) is 8.07. The largest absolute Gasteiger partial charge is 0.350 e. The average molecular weight is 233 g/mol. The van der Waals surface area contributed by atoms with Gasteiger partial charge in [0.05, 0.1) is 0 Å². The van der Waals surface area contributed by atoms with Crippen molar-refractivity contribution in [3.8, 4) is 0 Å². The van der Waals surface area contributed by atoms with Crippen molar-refractivity contribution in [2.45, 2.75) is 46.6 Å². The van der Waals surface area contributed by atoms with E-state index >= 15 is 0 Å². The van der Waals surface area contributed by atoms with Gasteiger partial charge in [-0.1, -0.05) is 32.9 Å². The summed E-state index contributed by atoms with van der Waals surface area (Å²) in [5.41, 5.74) is 1.97. The summed E-state index contributed by atoms with van der Waals surface area (Å²) in [5.74, 6) is 0.640. The van der Waals surface area contributed by atoms with Gasteiger partial charge in [-0.25, -0.2) is 0 Å². The molecule has 1 atom stereocenters. The molecule has 94 valence electrons. The van der Waals surface area contributed by atoms with Crippen LogP contribution in [0.25, 0.3) is 0 Å². The summed E-state index contributed by atoms with van der Waals surface area (Å²) in [6.07, 6.45) is 1.97. The topological polar surface area (TPSA) is 29.1 Å². The molecule has 0 spiro atoms. The first kappa shape index (κ1) is 13.8. The maximum absolute atomic E-state index is 12.0. The summed E-state index contributed by atoms with van der Waals surface area (Å²) in [5, 5.41) is 3.04. The predicted octanol–water partition coefficient (Wildman–Crippen LogP) is 3.41. The standard InChI is InChI=1S/C15H23NO/c1-5-13-7-6-8-14(10-13)15(17)16-12(4)9-11(2)3/h6-8,10-12H,5,9H2,1-4H3,(H,16,17)/t12-/m1/s1. The van der Waals surface area contributed by atoms with Gasteiger partial charge in [0.2, 0.25) is 0 Å². The number of carbonyl (C=O) groups is 1. The van der Waals surface area contributed by atoms with E-state index in [9.17, 15) is 4.79 Å². The number of amides is 1. The fourth-order valence-corrected chi connectivity index (χ4v) is 2.01. The van der Waals surface area contributed by atoms with E-state index in [1.165, 1.54) is 5.56 Å². The van der Waals surface area contributed by atoms with E-state index < -0.39 is 0 Å². The van der Waals surface area contributed by atoms with Crippen LogP contribution in [-0.4, -0.2) is 11.9 Å². The summed E-state index contributed by atoms with van der Waals surface area (Å²) in [4.78, 5) is 12.0. The predicted molar refractivity (Wildman–Crippen MR) is 72.2 cm³/mol. The fourth-order valence-electron chi connectivity index (χ4n) is 2.01. The number of aryl methyl sites for hydroxylation is 1. The Morgan fingerprint density at radius 3 is 2.59 bits per heavy atom. The minimum Gasteiger partial charge on any atom is -0.350 e. The highest BCUT2D eigenvalue weighted by molar-refractivity contribution is 5.94. The van der Waals surface area contributed by atoms with Gasteiger partial charge in [-0.3, -0.25) is 4.79 Å². The zero-order valence-electron chi connectivity index (χ0n) is 11.3. The van der Waals surface area contributed by atoms with Crippen LogP contribution in [0.1, 0.15) is 50.0 Å².